The lowest BCUT2D eigenvalue weighted by molar-refractivity contribution is -0.119. The molecule has 7 heteroatoms. The first-order valence-electron chi connectivity index (χ1n) is 13.3. The zero-order valence-corrected chi connectivity index (χ0v) is 22.5. The van der Waals surface area contributed by atoms with Gasteiger partial charge in [0.1, 0.15) is 13.2 Å². The molecule has 0 heterocycles. The van der Waals surface area contributed by atoms with E-state index < -0.39 is 6.09 Å². The number of amides is 3. The smallest absolute Gasteiger partial charge is 0.410 e. The molecule has 7 nitrogen and oxygen atoms in total. The molecule has 1 saturated carbocycles. The van der Waals surface area contributed by atoms with Crippen molar-refractivity contribution in [1.29, 1.82) is 0 Å². The van der Waals surface area contributed by atoms with E-state index in [2.05, 4.69) is 5.32 Å². The quantitative estimate of drug-likeness (QED) is 0.302. The van der Waals surface area contributed by atoms with E-state index in [0.717, 1.165) is 35.2 Å². The topological polar surface area (TPSA) is 79.0 Å². The van der Waals surface area contributed by atoms with E-state index in [4.69, 9.17) is 4.74 Å². The molecule has 0 atom stereocenters. The van der Waals surface area contributed by atoms with E-state index in [1.165, 1.54) is 4.90 Å². The second-order valence-electron chi connectivity index (χ2n) is 9.73. The van der Waals surface area contributed by atoms with Crippen LogP contribution in [0.25, 0.3) is 12.2 Å². The number of carbonyl (C=O) groups is 3. The fourth-order valence-electron chi connectivity index (χ4n) is 4.10. The van der Waals surface area contributed by atoms with Gasteiger partial charge in [-0.05, 0) is 60.2 Å². The molecule has 0 unspecified atom stereocenters. The van der Waals surface area contributed by atoms with Crippen molar-refractivity contribution in [3.8, 4) is 0 Å². The maximum Gasteiger partial charge on any atom is 0.410 e. The second-order valence-corrected chi connectivity index (χ2v) is 9.73. The van der Waals surface area contributed by atoms with Gasteiger partial charge in [0.05, 0.1) is 0 Å². The number of hydrogen-bond donors (Lipinski definition) is 1. The summed E-state index contributed by atoms with van der Waals surface area (Å²) in [4.78, 5) is 40.6. The van der Waals surface area contributed by atoms with Crippen LogP contribution in [0.2, 0.25) is 0 Å². The fraction of sp³-hybridized carbons (Fsp3) is 0.281. The molecular formula is C32H35N3O4. The van der Waals surface area contributed by atoms with Crippen molar-refractivity contribution in [2.75, 3.05) is 30.4 Å². The average molecular weight is 526 g/mol. The van der Waals surface area contributed by atoms with Gasteiger partial charge in [-0.2, -0.15) is 0 Å². The molecule has 1 aliphatic carbocycles. The van der Waals surface area contributed by atoms with Gasteiger partial charge in [0.25, 0.3) is 0 Å². The number of anilines is 2. The Kier molecular flexibility index (Phi) is 9.51. The zero-order valence-electron chi connectivity index (χ0n) is 22.5. The van der Waals surface area contributed by atoms with E-state index in [1.54, 1.807) is 4.90 Å². The van der Waals surface area contributed by atoms with Gasteiger partial charge in [0.15, 0.2) is 0 Å². The molecule has 0 bridgehead atoms. The van der Waals surface area contributed by atoms with Crippen molar-refractivity contribution in [1.82, 2.24) is 4.90 Å². The van der Waals surface area contributed by atoms with Crippen molar-refractivity contribution in [2.45, 2.75) is 32.8 Å². The van der Waals surface area contributed by atoms with Crippen LogP contribution in [0.3, 0.4) is 0 Å². The number of nitrogens with one attached hydrogen (secondary N) is 1. The minimum Gasteiger partial charge on any atom is -0.445 e. The second kappa shape index (κ2) is 13.4. The third kappa shape index (κ3) is 8.30. The highest BCUT2D eigenvalue weighted by Crippen LogP contribution is 2.32. The molecular weight excluding hydrogens is 490 g/mol. The number of hydrogen-bond acceptors (Lipinski definition) is 4. The molecule has 39 heavy (non-hydrogen) atoms. The summed E-state index contributed by atoms with van der Waals surface area (Å²) in [7, 11) is 1.82. The lowest BCUT2D eigenvalue weighted by Gasteiger charge is -2.21. The first-order chi connectivity index (χ1) is 18.9. The molecule has 3 aromatic carbocycles. The van der Waals surface area contributed by atoms with E-state index in [0.29, 0.717) is 18.7 Å². The number of benzene rings is 3. The van der Waals surface area contributed by atoms with Gasteiger partial charge in [0.2, 0.25) is 11.8 Å². The van der Waals surface area contributed by atoms with Gasteiger partial charge >= 0.3 is 6.09 Å². The Morgan fingerprint density at radius 2 is 1.51 bits per heavy atom. The molecule has 3 aromatic rings. The summed E-state index contributed by atoms with van der Waals surface area (Å²) in [5.74, 6) is 0.0965. The monoisotopic (exact) mass is 525 g/mol. The van der Waals surface area contributed by atoms with Crippen molar-refractivity contribution in [3.05, 3.63) is 95.6 Å². The number of rotatable bonds is 11. The minimum absolute atomic E-state index is 0.0828. The van der Waals surface area contributed by atoms with Crippen LogP contribution in [0.5, 0.6) is 0 Å². The third-order valence-corrected chi connectivity index (χ3v) is 6.49. The molecule has 1 N–H and O–H groups in total. The standard InChI is InChI=1S/C32H35N3O4/c1-3-21-35(32(38)39-23-26-7-5-4-6-8-26)22-30(36)33-28-17-11-24(12-18-28)9-10-25-13-19-29(20-14-25)34(2)31(37)27-15-16-27/h4-14,17-20,27H,3,15-16,21-23H2,1-2H3,(H,33,36)/b10-9+. The molecule has 0 saturated heterocycles. The predicted molar refractivity (Wildman–Crippen MR) is 155 cm³/mol. The van der Waals surface area contributed by atoms with E-state index >= 15 is 0 Å². The highest BCUT2D eigenvalue weighted by molar-refractivity contribution is 5.96. The van der Waals surface area contributed by atoms with Crippen molar-refractivity contribution >= 4 is 41.4 Å². The van der Waals surface area contributed by atoms with Crippen molar-refractivity contribution in [2.24, 2.45) is 5.92 Å². The van der Waals surface area contributed by atoms with Crippen LogP contribution in [-0.4, -0.2) is 42.9 Å². The Bertz CT molecular complexity index is 1280. The molecule has 0 aromatic heterocycles. The number of nitrogens with zero attached hydrogens (tertiary/aromatic N) is 2. The predicted octanol–water partition coefficient (Wildman–Crippen LogP) is 6.22. The Morgan fingerprint density at radius 3 is 2.10 bits per heavy atom. The van der Waals surface area contributed by atoms with Crippen LogP contribution in [0.1, 0.15) is 42.9 Å². The van der Waals surface area contributed by atoms with Crippen molar-refractivity contribution < 1.29 is 19.1 Å². The lowest BCUT2D eigenvalue weighted by atomic mass is 10.1. The molecule has 3 amide bonds. The van der Waals surface area contributed by atoms with Crippen LogP contribution in [-0.2, 0) is 20.9 Å². The maximum atomic E-state index is 12.6. The van der Waals surface area contributed by atoms with Crippen LogP contribution in [0.4, 0.5) is 16.2 Å². The van der Waals surface area contributed by atoms with Crippen LogP contribution in [0.15, 0.2) is 78.9 Å². The molecule has 202 valence electrons. The van der Waals surface area contributed by atoms with Gasteiger partial charge in [-0.3, -0.25) is 14.5 Å². The zero-order chi connectivity index (χ0) is 27.6. The maximum absolute atomic E-state index is 12.6. The fourth-order valence-corrected chi connectivity index (χ4v) is 4.10. The Labute approximate surface area is 230 Å². The van der Waals surface area contributed by atoms with E-state index in [1.807, 2.05) is 105 Å². The van der Waals surface area contributed by atoms with Gasteiger partial charge in [-0.1, -0.05) is 73.7 Å². The largest absolute Gasteiger partial charge is 0.445 e. The summed E-state index contributed by atoms with van der Waals surface area (Å²) < 4.78 is 5.40. The summed E-state index contributed by atoms with van der Waals surface area (Å²) in [6.45, 7) is 2.46. The minimum atomic E-state index is -0.509. The Morgan fingerprint density at radius 1 is 0.897 bits per heavy atom. The summed E-state index contributed by atoms with van der Waals surface area (Å²) in [6.07, 6.45) is 6.19. The molecule has 4 rings (SSSR count). The SMILES string of the molecule is CCCN(CC(=O)Nc1ccc(/C=C/c2ccc(N(C)C(=O)C3CC3)cc2)cc1)C(=O)OCc1ccccc1. The first kappa shape index (κ1) is 27.6. The summed E-state index contributed by atoms with van der Waals surface area (Å²) in [6, 6.07) is 24.8. The van der Waals surface area contributed by atoms with Crippen LogP contribution >= 0.6 is 0 Å². The Balaban J connectivity index is 1.26. The molecule has 0 radical (unpaired) electrons. The average Bonchev–Trinajstić information content (AvgIpc) is 3.81. The van der Waals surface area contributed by atoms with Gasteiger partial charge in [-0.25, -0.2) is 4.79 Å². The molecule has 1 aliphatic rings. The van der Waals surface area contributed by atoms with Crippen LogP contribution in [0, 0.1) is 5.92 Å². The molecule has 0 spiro atoms. The third-order valence-electron chi connectivity index (χ3n) is 6.49. The van der Waals surface area contributed by atoms with Gasteiger partial charge < -0.3 is 15.0 Å². The summed E-state index contributed by atoms with van der Waals surface area (Å²) in [5.41, 5.74) is 4.45. The van der Waals surface area contributed by atoms with Gasteiger partial charge in [0, 0.05) is 30.9 Å². The highest BCUT2D eigenvalue weighted by Gasteiger charge is 2.32. The first-order valence-corrected chi connectivity index (χ1v) is 13.3. The van der Waals surface area contributed by atoms with E-state index in [-0.39, 0.29) is 30.9 Å². The van der Waals surface area contributed by atoms with Crippen LogP contribution < -0.4 is 10.2 Å². The number of carbonyl (C=O) groups excluding carboxylic acids is 3. The van der Waals surface area contributed by atoms with Gasteiger partial charge in [-0.15, -0.1) is 0 Å². The van der Waals surface area contributed by atoms with Crippen molar-refractivity contribution in [3.63, 3.8) is 0 Å². The highest BCUT2D eigenvalue weighted by atomic mass is 16.6. The lowest BCUT2D eigenvalue weighted by Crippen LogP contribution is -2.38. The number of ether oxygens (including phenoxy) is 1. The summed E-state index contributed by atoms with van der Waals surface area (Å²) >= 11 is 0. The van der Waals surface area contributed by atoms with E-state index in [9.17, 15) is 14.4 Å². The molecule has 0 aliphatic heterocycles. The molecule has 1 fully saturated rings. The Hall–Kier alpha value is -4.39. The normalized spacial score (nSPS) is 12.7. The summed E-state index contributed by atoms with van der Waals surface area (Å²) in [5, 5.41) is 2.85.